The van der Waals surface area contributed by atoms with E-state index < -0.39 is 0 Å². The number of pyridine rings is 1. The molecule has 0 saturated heterocycles. The average molecular weight is 416 g/mol. The van der Waals surface area contributed by atoms with Crippen LogP contribution in [0, 0.1) is 6.92 Å². The van der Waals surface area contributed by atoms with Gasteiger partial charge >= 0.3 is 0 Å². The molecule has 0 aliphatic heterocycles. The Morgan fingerprint density at radius 2 is 1.93 bits per heavy atom. The van der Waals surface area contributed by atoms with Crippen LogP contribution in [0.2, 0.25) is 5.02 Å². The summed E-state index contributed by atoms with van der Waals surface area (Å²) in [4.78, 5) is 17.4. The molecule has 0 amide bonds. The van der Waals surface area contributed by atoms with Crippen LogP contribution in [0.3, 0.4) is 0 Å². The molecule has 0 saturated carbocycles. The van der Waals surface area contributed by atoms with E-state index in [1.54, 1.807) is 41.3 Å². The van der Waals surface area contributed by atoms with Gasteiger partial charge in [-0.3, -0.25) is 4.98 Å². The minimum atomic E-state index is 0.404. The predicted molar refractivity (Wildman–Crippen MR) is 112 cm³/mol. The summed E-state index contributed by atoms with van der Waals surface area (Å²) in [6.07, 6.45) is 5.06. The predicted octanol–water partition coefficient (Wildman–Crippen LogP) is 3.74. The topological polar surface area (TPSA) is 107 Å². The maximum absolute atomic E-state index is 6.04. The van der Waals surface area contributed by atoms with Crippen molar-refractivity contribution >= 4 is 29.0 Å². The van der Waals surface area contributed by atoms with Crippen molar-refractivity contribution in [2.45, 2.75) is 6.92 Å². The summed E-state index contributed by atoms with van der Waals surface area (Å²) in [6, 6.07) is 12.8. The maximum atomic E-state index is 6.04. The molecule has 10 heteroatoms. The Balaban J connectivity index is 1.52. The summed E-state index contributed by atoms with van der Waals surface area (Å²) >= 11 is 6.04. The lowest BCUT2D eigenvalue weighted by atomic mass is 10.2. The number of hydrogen-bond donors (Lipinski definition) is 1. The van der Waals surface area contributed by atoms with Crippen molar-refractivity contribution < 1.29 is 0 Å². The fourth-order valence-electron chi connectivity index (χ4n) is 2.96. The molecule has 5 aromatic rings. The molecule has 1 aromatic carbocycles. The van der Waals surface area contributed by atoms with E-state index in [0.29, 0.717) is 34.0 Å². The molecule has 4 aromatic heterocycles. The first-order valence-electron chi connectivity index (χ1n) is 9.04. The van der Waals surface area contributed by atoms with Crippen LogP contribution in [0.5, 0.6) is 0 Å². The Hall–Kier alpha value is -3.98. The van der Waals surface area contributed by atoms with Crippen LogP contribution in [0.1, 0.15) is 5.69 Å². The number of benzene rings is 1. The Morgan fingerprint density at radius 3 is 2.77 bits per heavy atom. The summed E-state index contributed by atoms with van der Waals surface area (Å²) in [5.74, 6) is 1.36. The fraction of sp³-hybridized carbons (Fsp3) is 0.0500. The van der Waals surface area contributed by atoms with Gasteiger partial charge in [-0.05, 0) is 43.3 Å². The quantitative estimate of drug-likeness (QED) is 0.473. The number of fused-ring (bicyclic) bond motifs is 1. The highest BCUT2D eigenvalue weighted by Crippen LogP contribution is 2.23. The van der Waals surface area contributed by atoms with Crippen LogP contribution in [0.4, 0.5) is 11.6 Å². The van der Waals surface area contributed by atoms with Crippen LogP contribution < -0.4 is 5.32 Å². The van der Waals surface area contributed by atoms with Crippen molar-refractivity contribution in [1.29, 1.82) is 0 Å². The number of hydrogen-bond acceptors (Lipinski definition) is 8. The average Bonchev–Trinajstić information content (AvgIpc) is 3.20. The van der Waals surface area contributed by atoms with Crippen molar-refractivity contribution in [2.75, 3.05) is 5.32 Å². The van der Waals surface area contributed by atoms with E-state index in [4.69, 9.17) is 11.6 Å². The molecule has 1 N–H and O–H groups in total. The van der Waals surface area contributed by atoms with Gasteiger partial charge in [0.1, 0.15) is 5.69 Å². The third kappa shape index (κ3) is 3.42. The lowest BCUT2D eigenvalue weighted by Gasteiger charge is -2.08. The number of aryl methyl sites for hydroxylation is 1. The molecule has 0 spiro atoms. The number of anilines is 2. The largest absolute Gasteiger partial charge is 0.324 e. The third-order valence-electron chi connectivity index (χ3n) is 4.39. The molecule has 146 valence electrons. The number of nitrogens with zero attached hydrogens (tertiary/aromatic N) is 8. The maximum Gasteiger partial charge on any atom is 0.272 e. The van der Waals surface area contributed by atoms with Crippen LogP contribution >= 0.6 is 11.6 Å². The second-order valence-electron chi connectivity index (χ2n) is 6.42. The molecule has 0 unspecified atom stereocenters. The van der Waals surface area contributed by atoms with Crippen LogP contribution in [-0.4, -0.2) is 39.7 Å². The van der Waals surface area contributed by atoms with E-state index in [9.17, 15) is 0 Å². The van der Waals surface area contributed by atoms with Gasteiger partial charge in [0.2, 0.25) is 5.95 Å². The zero-order chi connectivity index (χ0) is 20.5. The molecule has 0 radical (unpaired) electrons. The highest BCUT2D eigenvalue weighted by Gasteiger charge is 2.15. The number of aromatic nitrogens is 8. The van der Waals surface area contributed by atoms with E-state index in [0.717, 1.165) is 16.9 Å². The van der Waals surface area contributed by atoms with Crippen molar-refractivity contribution in [3.63, 3.8) is 0 Å². The monoisotopic (exact) mass is 415 g/mol. The smallest absolute Gasteiger partial charge is 0.272 e. The number of nitrogens with one attached hydrogen (secondary N) is 1. The van der Waals surface area contributed by atoms with Gasteiger partial charge in [-0.1, -0.05) is 17.7 Å². The second-order valence-corrected chi connectivity index (χ2v) is 6.86. The van der Waals surface area contributed by atoms with Gasteiger partial charge in [-0.15, -0.1) is 15.3 Å². The molecule has 30 heavy (non-hydrogen) atoms. The Morgan fingerprint density at radius 1 is 1.00 bits per heavy atom. The highest BCUT2D eigenvalue weighted by atomic mass is 35.5. The van der Waals surface area contributed by atoms with Gasteiger partial charge in [0.05, 0.1) is 11.4 Å². The van der Waals surface area contributed by atoms with Crippen LogP contribution in [-0.2, 0) is 0 Å². The molecule has 0 aliphatic carbocycles. The Bertz CT molecular complexity index is 1350. The zero-order valence-corrected chi connectivity index (χ0v) is 16.5. The molecular formula is C20H14ClN9. The fourth-order valence-corrected chi connectivity index (χ4v) is 3.15. The number of rotatable bonds is 4. The lowest BCUT2D eigenvalue weighted by molar-refractivity contribution is 0.851. The van der Waals surface area contributed by atoms with Gasteiger partial charge in [-0.25, -0.2) is 9.97 Å². The van der Waals surface area contributed by atoms with Crippen molar-refractivity contribution in [3.05, 3.63) is 71.8 Å². The lowest BCUT2D eigenvalue weighted by Crippen LogP contribution is -2.05. The van der Waals surface area contributed by atoms with Gasteiger partial charge in [-0.2, -0.15) is 9.50 Å². The van der Waals surface area contributed by atoms with Gasteiger partial charge in [0.15, 0.2) is 5.82 Å². The normalized spacial score (nSPS) is 11.0. The van der Waals surface area contributed by atoms with Gasteiger partial charge in [0, 0.05) is 34.9 Å². The van der Waals surface area contributed by atoms with Gasteiger partial charge in [0.25, 0.3) is 5.78 Å². The summed E-state index contributed by atoms with van der Waals surface area (Å²) in [6.45, 7) is 1.89. The van der Waals surface area contributed by atoms with Crippen molar-refractivity contribution in [1.82, 2.24) is 39.7 Å². The molecule has 0 fully saturated rings. The minimum absolute atomic E-state index is 0.404. The van der Waals surface area contributed by atoms with Crippen molar-refractivity contribution in [2.24, 2.45) is 0 Å². The van der Waals surface area contributed by atoms with E-state index >= 15 is 0 Å². The molecule has 9 nitrogen and oxygen atoms in total. The zero-order valence-electron chi connectivity index (χ0n) is 15.7. The Kier molecular flexibility index (Phi) is 4.49. The molecular weight excluding hydrogens is 402 g/mol. The van der Waals surface area contributed by atoms with E-state index in [2.05, 4.69) is 40.5 Å². The second kappa shape index (κ2) is 7.45. The minimum Gasteiger partial charge on any atom is -0.324 e. The van der Waals surface area contributed by atoms with Gasteiger partial charge < -0.3 is 5.32 Å². The van der Waals surface area contributed by atoms with E-state index in [1.807, 2.05) is 31.2 Å². The summed E-state index contributed by atoms with van der Waals surface area (Å²) in [7, 11) is 0. The first-order chi connectivity index (χ1) is 14.7. The molecule has 5 rings (SSSR count). The Labute approximate surface area is 175 Å². The molecule has 0 atom stereocenters. The first-order valence-corrected chi connectivity index (χ1v) is 9.42. The standard InChI is InChI=1S/C20H14ClN9/c1-12-17(16-7-9-23-19(25-16)24-15-6-2-5-14(21)10-15)27-28-20-26-18(29-30(12)20)13-4-3-8-22-11-13/h2-11H,1H3,(H,23,24,25). The van der Waals surface area contributed by atoms with Crippen LogP contribution in [0.15, 0.2) is 61.1 Å². The molecule has 0 bridgehead atoms. The van der Waals surface area contributed by atoms with Crippen molar-refractivity contribution in [3.8, 4) is 22.8 Å². The van der Waals surface area contributed by atoms with E-state index in [-0.39, 0.29) is 0 Å². The van der Waals surface area contributed by atoms with Crippen LogP contribution in [0.25, 0.3) is 28.6 Å². The SMILES string of the molecule is Cc1c(-c2ccnc(Nc3cccc(Cl)c3)n2)nnc2nc(-c3cccnc3)nn12. The summed E-state index contributed by atoms with van der Waals surface area (Å²) < 4.78 is 1.65. The third-order valence-corrected chi connectivity index (χ3v) is 4.62. The first kappa shape index (κ1) is 18.1. The summed E-state index contributed by atoms with van der Waals surface area (Å²) in [5.41, 5.74) is 3.55. The number of halogens is 1. The molecule has 4 heterocycles. The molecule has 0 aliphatic rings. The van der Waals surface area contributed by atoms with E-state index in [1.165, 1.54) is 0 Å². The summed E-state index contributed by atoms with van der Waals surface area (Å²) in [5, 5.41) is 16.9. The highest BCUT2D eigenvalue weighted by molar-refractivity contribution is 6.30.